The quantitative estimate of drug-likeness (QED) is 0.567. The molecule has 0 aromatic carbocycles. The molecule has 0 aromatic rings. The van der Waals surface area contributed by atoms with E-state index >= 15 is 0 Å². The van der Waals surface area contributed by atoms with Crippen LogP contribution in [0, 0.1) is 0 Å². The van der Waals surface area contributed by atoms with E-state index in [0.717, 1.165) is 12.1 Å². The van der Waals surface area contributed by atoms with E-state index in [1.807, 2.05) is 0 Å². The van der Waals surface area contributed by atoms with E-state index in [1.165, 1.54) is 45.4 Å². The largest absolute Gasteiger partial charge is 0.252 e. The Morgan fingerprint density at radius 1 is 0.938 bits per heavy atom. The van der Waals surface area contributed by atoms with Crippen LogP contribution >= 0.6 is 6.49 Å². The highest BCUT2D eigenvalue weighted by Crippen LogP contribution is 2.67. The van der Waals surface area contributed by atoms with E-state index < -0.39 is 6.49 Å². The number of hydrogen-bond donors (Lipinski definition) is 0. The van der Waals surface area contributed by atoms with Gasteiger partial charge in [0.25, 0.3) is 0 Å². The molecule has 3 aliphatic rings. The van der Waals surface area contributed by atoms with Crippen LogP contribution in [0.1, 0.15) is 33.1 Å². The Hall–Kier alpha value is 0.530. The average Bonchev–Trinajstić information content (AvgIpc) is 3.18. The van der Waals surface area contributed by atoms with Crippen LogP contribution in [-0.2, 0) is 11.8 Å². The number of hydrogen-bond acceptors (Lipinski definition) is 1. The van der Waals surface area contributed by atoms with Crippen molar-refractivity contribution in [1.29, 1.82) is 0 Å². The molecule has 4 unspecified atom stereocenters. The fourth-order valence-corrected chi connectivity index (χ4v) is 8.31. The van der Waals surface area contributed by atoms with Crippen molar-refractivity contribution in [3.05, 3.63) is 0 Å². The maximum atomic E-state index is 6.14. The number of nitrogens with zero attached hydrogens (tertiary/aromatic N) is 3. The molecular weight excluding hydrogens is 237 g/mol. The molecule has 3 aliphatic heterocycles. The van der Waals surface area contributed by atoms with Crippen LogP contribution in [0.2, 0.25) is 0 Å². The molecule has 0 saturated carbocycles. The molecule has 3 nitrogen and oxygen atoms in total. The second-order valence-corrected chi connectivity index (χ2v) is 9.56. The highest BCUT2D eigenvalue weighted by atomic mass is 32.4. The van der Waals surface area contributed by atoms with Gasteiger partial charge in [-0.3, -0.25) is 4.67 Å². The first-order chi connectivity index (χ1) is 7.64. The molecule has 0 radical (unpaired) electrons. The molecule has 0 amide bonds. The van der Waals surface area contributed by atoms with Gasteiger partial charge in [-0.2, -0.15) is 0 Å². The van der Waals surface area contributed by atoms with Crippen molar-refractivity contribution in [3.63, 3.8) is 0 Å². The zero-order valence-corrected chi connectivity index (χ0v) is 12.0. The summed E-state index contributed by atoms with van der Waals surface area (Å²) in [4.78, 5) is 0. The molecule has 3 fully saturated rings. The number of piperidine rings is 1. The molecule has 16 heavy (non-hydrogen) atoms. The summed E-state index contributed by atoms with van der Waals surface area (Å²) < 4.78 is 7.84. The molecule has 3 rings (SSSR count). The van der Waals surface area contributed by atoms with Crippen molar-refractivity contribution in [3.8, 4) is 0 Å². The van der Waals surface area contributed by atoms with Crippen LogP contribution in [0.15, 0.2) is 0 Å². The Balaban J connectivity index is 1.81. The van der Waals surface area contributed by atoms with Gasteiger partial charge in [0.1, 0.15) is 6.49 Å². The summed E-state index contributed by atoms with van der Waals surface area (Å²) in [6.07, 6.45) is 4.10. The van der Waals surface area contributed by atoms with Gasteiger partial charge in [-0.25, -0.2) is 9.34 Å². The molecule has 0 spiro atoms. The van der Waals surface area contributed by atoms with Gasteiger partial charge in [-0.15, -0.1) is 0 Å². The predicted octanol–water partition coefficient (Wildman–Crippen LogP) is 2.10. The van der Waals surface area contributed by atoms with E-state index in [1.54, 1.807) is 0 Å². The third-order valence-electron chi connectivity index (χ3n) is 4.02. The zero-order valence-electron chi connectivity index (χ0n) is 10.3. The predicted molar refractivity (Wildman–Crippen MR) is 72.0 cm³/mol. The first-order valence-electron chi connectivity index (χ1n) is 6.54. The van der Waals surface area contributed by atoms with Gasteiger partial charge in [0.15, 0.2) is 0 Å². The van der Waals surface area contributed by atoms with Gasteiger partial charge < -0.3 is 0 Å². The van der Waals surface area contributed by atoms with E-state index in [0.29, 0.717) is 0 Å². The standard InChI is InChI=1S/C11H22N3PS/c1-10-8-13(10)15(16,14-9-11(14)2)12-6-4-3-5-7-12/h10-11H,3-9H2,1-2H3. The summed E-state index contributed by atoms with van der Waals surface area (Å²) in [6, 6.07) is 1.47. The van der Waals surface area contributed by atoms with Crippen LogP contribution in [0.5, 0.6) is 0 Å². The van der Waals surface area contributed by atoms with Crippen molar-refractivity contribution < 1.29 is 0 Å². The minimum atomic E-state index is -1.50. The Labute approximate surface area is 104 Å². The molecule has 0 N–H and O–H groups in total. The van der Waals surface area contributed by atoms with Crippen LogP contribution in [-0.4, -0.2) is 52.3 Å². The first-order valence-corrected chi connectivity index (χ1v) is 9.20. The van der Waals surface area contributed by atoms with Crippen LogP contribution in [0.25, 0.3) is 0 Å². The van der Waals surface area contributed by atoms with E-state index in [-0.39, 0.29) is 0 Å². The van der Waals surface area contributed by atoms with Crippen LogP contribution in [0.3, 0.4) is 0 Å². The lowest BCUT2D eigenvalue weighted by molar-refractivity contribution is 0.346. The van der Waals surface area contributed by atoms with Crippen molar-refractivity contribution in [2.24, 2.45) is 0 Å². The molecular formula is C11H22N3PS. The number of rotatable bonds is 3. The smallest absolute Gasteiger partial charge is 0.146 e. The highest BCUT2D eigenvalue weighted by molar-refractivity contribution is 8.11. The average molecular weight is 259 g/mol. The molecule has 3 heterocycles. The van der Waals surface area contributed by atoms with Crippen molar-refractivity contribution in [1.82, 2.24) is 14.0 Å². The molecule has 0 aliphatic carbocycles. The van der Waals surface area contributed by atoms with Gasteiger partial charge in [0, 0.05) is 38.3 Å². The molecule has 4 atom stereocenters. The summed E-state index contributed by atoms with van der Waals surface area (Å²) in [5.74, 6) is 0. The minimum absolute atomic E-state index is 0.737. The molecule has 5 heteroatoms. The zero-order chi connectivity index (χ0) is 11.3. The summed E-state index contributed by atoms with van der Waals surface area (Å²) in [5, 5.41) is 0. The maximum absolute atomic E-state index is 6.14. The van der Waals surface area contributed by atoms with Crippen LogP contribution in [0.4, 0.5) is 0 Å². The maximum Gasteiger partial charge on any atom is 0.146 e. The Morgan fingerprint density at radius 3 is 1.75 bits per heavy atom. The van der Waals surface area contributed by atoms with Crippen LogP contribution < -0.4 is 0 Å². The van der Waals surface area contributed by atoms with E-state index in [4.69, 9.17) is 11.8 Å². The van der Waals surface area contributed by atoms with Gasteiger partial charge in [0.05, 0.1) is 0 Å². The van der Waals surface area contributed by atoms with Gasteiger partial charge in [-0.05, 0) is 38.5 Å². The monoisotopic (exact) mass is 259 g/mol. The lowest BCUT2D eigenvalue weighted by Gasteiger charge is -2.39. The second kappa shape index (κ2) is 4.03. The fourth-order valence-electron chi connectivity index (χ4n) is 2.78. The third-order valence-corrected chi connectivity index (χ3v) is 9.57. The lowest BCUT2D eigenvalue weighted by atomic mass is 10.2. The van der Waals surface area contributed by atoms with Gasteiger partial charge in [0.2, 0.25) is 0 Å². The Morgan fingerprint density at radius 2 is 1.38 bits per heavy atom. The minimum Gasteiger partial charge on any atom is -0.252 e. The fraction of sp³-hybridized carbons (Fsp3) is 1.00. The second-order valence-electron chi connectivity index (χ2n) is 5.47. The SMILES string of the molecule is CC1CN1P(=S)(N1CCCCC1)N1CC1C. The van der Waals surface area contributed by atoms with Crippen molar-refractivity contribution >= 4 is 18.3 Å². The molecule has 92 valence electrons. The molecule has 3 saturated heterocycles. The molecule has 0 bridgehead atoms. The van der Waals surface area contributed by atoms with E-state index in [2.05, 4.69) is 27.9 Å². The summed E-state index contributed by atoms with van der Waals surface area (Å²) in [5.41, 5.74) is 0. The van der Waals surface area contributed by atoms with Gasteiger partial charge in [-0.1, -0.05) is 6.42 Å². The summed E-state index contributed by atoms with van der Waals surface area (Å²) in [6.45, 7) is 8.09. The summed E-state index contributed by atoms with van der Waals surface area (Å²) >= 11 is 6.14. The Bertz CT molecular complexity index is 309. The lowest BCUT2D eigenvalue weighted by Crippen LogP contribution is -2.32. The Kier molecular flexibility index (Phi) is 2.92. The van der Waals surface area contributed by atoms with Crippen molar-refractivity contribution in [2.75, 3.05) is 26.2 Å². The molecule has 0 aromatic heterocycles. The highest BCUT2D eigenvalue weighted by Gasteiger charge is 2.54. The normalized spacial score (nSPS) is 47.4. The van der Waals surface area contributed by atoms with Crippen molar-refractivity contribution in [2.45, 2.75) is 45.2 Å². The summed E-state index contributed by atoms with van der Waals surface area (Å²) in [7, 11) is 0. The van der Waals surface area contributed by atoms with E-state index in [9.17, 15) is 0 Å². The topological polar surface area (TPSA) is 9.26 Å². The van der Waals surface area contributed by atoms with Gasteiger partial charge >= 0.3 is 0 Å². The third kappa shape index (κ3) is 1.79. The first kappa shape index (κ1) is 11.6.